The van der Waals surface area contributed by atoms with Gasteiger partial charge in [0.15, 0.2) is 0 Å². The van der Waals surface area contributed by atoms with Crippen molar-refractivity contribution in [1.82, 2.24) is 10.2 Å². The van der Waals surface area contributed by atoms with Gasteiger partial charge in [-0.2, -0.15) is 0 Å². The summed E-state index contributed by atoms with van der Waals surface area (Å²) >= 11 is 6.18. The third kappa shape index (κ3) is 7.11. The Morgan fingerprint density at radius 3 is 2.35 bits per heavy atom. The highest BCUT2D eigenvalue weighted by Gasteiger charge is 2.26. The van der Waals surface area contributed by atoms with E-state index in [9.17, 15) is 18.0 Å². The fraction of sp³-hybridized carbons (Fsp3) is 0.417. The Hall–Kier alpha value is -2.78. The second-order valence-electron chi connectivity index (χ2n) is 7.98. The van der Waals surface area contributed by atoms with E-state index in [2.05, 4.69) is 5.32 Å². The molecule has 1 N–H and O–H groups in total. The lowest BCUT2D eigenvalue weighted by Gasteiger charge is -2.29. The molecule has 0 radical (unpaired) electrons. The lowest BCUT2D eigenvalue weighted by Crippen LogP contribution is -2.46. The number of hydrogen-bond donors (Lipinski definition) is 1. The number of nitrogens with zero attached hydrogens (tertiary/aromatic N) is 2. The van der Waals surface area contributed by atoms with Gasteiger partial charge in [0.2, 0.25) is 21.8 Å². The average Bonchev–Trinajstić information content (AvgIpc) is 2.81. The van der Waals surface area contributed by atoms with Gasteiger partial charge >= 0.3 is 0 Å². The lowest BCUT2D eigenvalue weighted by atomic mass is 10.1. The molecule has 2 amide bonds. The number of carbonyl (C=O) groups excluding carboxylic acids is 2. The molecule has 0 unspecified atom stereocenters. The predicted molar refractivity (Wildman–Crippen MR) is 135 cm³/mol. The zero-order valence-corrected chi connectivity index (χ0v) is 21.7. The van der Waals surface area contributed by atoms with Gasteiger partial charge in [0, 0.05) is 31.6 Å². The van der Waals surface area contributed by atoms with Gasteiger partial charge in [-0.05, 0) is 55.7 Å². The Morgan fingerprint density at radius 1 is 1.15 bits per heavy atom. The van der Waals surface area contributed by atoms with Crippen LogP contribution < -0.4 is 14.4 Å². The van der Waals surface area contributed by atoms with Gasteiger partial charge in [0.1, 0.15) is 11.8 Å². The summed E-state index contributed by atoms with van der Waals surface area (Å²) in [4.78, 5) is 26.9. The van der Waals surface area contributed by atoms with Gasteiger partial charge in [-0.1, -0.05) is 29.8 Å². The van der Waals surface area contributed by atoms with E-state index < -0.39 is 16.1 Å². The number of ether oxygens (including phenoxy) is 1. The normalized spacial score (nSPS) is 12.1. The fourth-order valence-corrected chi connectivity index (χ4v) is 4.75. The number of likely N-dealkylation sites (N-methyl/N-ethyl adjacent to an activating group) is 1. The summed E-state index contributed by atoms with van der Waals surface area (Å²) in [6, 6.07) is 11.6. The van der Waals surface area contributed by atoms with Crippen LogP contribution in [0.4, 0.5) is 5.69 Å². The second kappa shape index (κ2) is 12.1. The Balaban J connectivity index is 2.17. The summed E-state index contributed by atoms with van der Waals surface area (Å²) in [6.45, 7) is 3.76. The topological polar surface area (TPSA) is 96.0 Å². The van der Waals surface area contributed by atoms with E-state index in [-0.39, 0.29) is 37.7 Å². The molecule has 10 heteroatoms. The number of halogens is 1. The molecule has 2 aromatic carbocycles. The molecular weight excluding hydrogens is 478 g/mol. The van der Waals surface area contributed by atoms with E-state index in [1.807, 2.05) is 12.1 Å². The molecule has 0 bridgehead atoms. The van der Waals surface area contributed by atoms with E-state index in [4.69, 9.17) is 16.3 Å². The van der Waals surface area contributed by atoms with E-state index >= 15 is 0 Å². The monoisotopic (exact) mass is 509 g/mol. The van der Waals surface area contributed by atoms with Crippen LogP contribution in [-0.4, -0.2) is 58.1 Å². The summed E-state index contributed by atoms with van der Waals surface area (Å²) in [7, 11) is -0.498. The zero-order valence-electron chi connectivity index (χ0n) is 20.2. The molecule has 2 rings (SSSR count). The number of benzene rings is 2. The van der Waals surface area contributed by atoms with Crippen molar-refractivity contribution >= 4 is 39.1 Å². The number of methoxy groups -OCH3 is 1. The van der Waals surface area contributed by atoms with Crippen molar-refractivity contribution in [3.05, 3.63) is 58.6 Å². The van der Waals surface area contributed by atoms with Gasteiger partial charge in [-0.3, -0.25) is 13.9 Å². The first-order chi connectivity index (χ1) is 16.0. The van der Waals surface area contributed by atoms with Crippen molar-refractivity contribution in [2.45, 2.75) is 39.3 Å². The molecule has 186 valence electrons. The summed E-state index contributed by atoms with van der Waals surface area (Å²) in [6.07, 6.45) is 1.47. The molecule has 8 nitrogen and oxygen atoms in total. The average molecular weight is 510 g/mol. The standard InChI is InChI=1S/C24H32ClN3O5S/c1-17-21(25)8-6-9-22(17)28(34(5,31)32)15-7-10-23(29)27(18(2)24(30)26-3)16-19-11-13-20(33-4)14-12-19/h6,8-9,11-14,18H,7,10,15-16H2,1-5H3,(H,26,30)/t18-/m0/s1. The molecule has 34 heavy (non-hydrogen) atoms. The zero-order chi connectivity index (χ0) is 25.5. The maximum atomic E-state index is 13.2. The first-order valence-electron chi connectivity index (χ1n) is 10.9. The number of carbonyl (C=O) groups is 2. The van der Waals surface area contributed by atoms with Crippen molar-refractivity contribution in [3.8, 4) is 5.75 Å². The quantitative estimate of drug-likeness (QED) is 0.501. The number of anilines is 1. The van der Waals surface area contributed by atoms with Crippen molar-refractivity contribution < 1.29 is 22.7 Å². The fourth-order valence-electron chi connectivity index (χ4n) is 3.57. The van der Waals surface area contributed by atoms with Crippen LogP contribution in [0.15, 0.2) is 42.5 Å². The Labute approximate surface area is 206 Å². The van der Waals surface area contributed by atoms with Gasteiger partial charge in [0.05, 0.1) is 19.1 Å². The van der Waals surface area contributed by atoms with Crippen molar-refractivity contribution in [2.24, 2.45) is 0 Å². The van der Waals surface area contributed by atoms with Gasteiger partial charge in [-0.15, -0.1) is 0 Å². The third-order valence-corrected chi connectivity index (χ3v) is 7.18. The smallest absolute Gasteiger partial charge is 0.242 e. The van der Waals surface area contributed by atoms with E-state index in [0.717, 1.165) is 11.8 Å². The predicted octanol–water partition coefficient (Wildman–Crippen LogP) is 3.37. The molecular formula is C24H32ClN3O5S. The molecule has 0 fully saturated rings. The van der Waals surface area contributed by atoms with Crippen molar-refractivity contribution in [1.29, 1.82) is 0 Å². The van der Waals surface area contributed by atoms with Crippen molar-refractivity contribution in [3.63, 3.8) is 0 Å². The molecule has 0 aliphatic rings. The van der Waals surface area contributed by atoms with Gasteiger partial charge in [-0.25, -0.2) is 8.42 Å². The van der Waals surface area contributed by atoms with E-state index in [1.54, 1.807) is 51.3 Å². The van der Waals surface area contributed by atoms with Gasteiger partial charge in [0.25, 0.3) is 0 Å². The lowest BCUT2D eigenvalue weighted by molar-refractivity contribution is -0.140. The Bertz CT molecular complexity index is 1110. The van der Waals surface area contributed by atoms with Crippen molar-refractivity contribution in [2.75, 3.05) is 31.3 Å². The van der Waals surface area contributed by atoms with Crippen LogP contribution in [0.5, 0.6) is 5.75 Å². The van der Waals surface area contributed by atoms with E-state index in [1.165, 1.54) is 16.3 Å². The highest BCUT2D eigenvalue weighted by molar-refractivity contribution is 7.92. The van der Waals surface area contributed by atoms with Crippen LogP contribution in [-0.2, 0) is 26.2 Å². The third-order valence-electron chi connectivity index (χ3n) is 5.59. The van der Waals surface area contributed by atoms with Crippen LogP contribution in [0.2, 0.25) is 5.02 Å². The van der Waals surface area contributed by atoms with Crippen LogP contribution in [0.3, 0.4) is 0 Å². The summed E-state index contributed by atoms with van der Waals surface area (Å²) in [5.74, 6) is 0.163. The Morgan fingerprint density at radius 2 is 1.79 bits per heavy atom. The molecule has 0 aliphatic heterocycles. The molecule has 0 spiro atoms. The second-order valence-corrected chi connectivity index (χ2v) is 10.3. The first kappa shape index (κ1) is 27.5. The molecule has 2 aromatic rings. The van der Waals surface area contributed by atoms with Crippen LogP contribution in [0.25, 0.3) is 0 Å². The number of hydrogen-bond acceptors (Lipinski definition) is 5. The van der Waals surface area contributed by atoms with Gasteiger partial charge < -0.3 is 15.0 Å². The first-order valence-corrected chi connectivity index (χ1v) is 13.1. The molecule has 0 aromatic heterocycles. The minimum absolute atomic E-state index is 0.0725. The molecule has 0 heterocycles. The highest BCUT2D eigenvalue weighted by Crippen LogP contribution is 2.28. The number of nitrogens with one attached hydrogen (secondary N) is 1. The molecule has 0 saturated heterocycles. The molecule has 0 aliphatic carbocycles. The molecule has 0 saturated carbocycles. The van der Waals surface area contributed by atoms with Crippen LogP contribution in [0.1, 0.15) is 30.9 Å². The maximum Gasteiger partial charge on any atom is 0.242 e. The van der Waals surface area contributed by atoms with E-state index in [0.29, 0.717) is 22.0 Å². The Kier molecular flexibility index (Phi) is 9.76. The van der Waals surface area contributed by atoms with Crippen LogP contribution in [0, 0.1) is 6.92 Å². The largest absolute Gasteiger partial charge is 0.497 e. The SMILES string of the molecule is CNC(=O)[C@H](C)N(Cc1ccc(OC)cc1)C(=O)CCCN(c1cccc(Cl)c1C)S(C)(=O)=O. The summed E-state index contributed by atoms with van der Waals surface area (Å²) < 4.78 is 31.4. The summed E-state index contributed by atoms with van der Waals surface area (Å²) in [5, 5.41) is 3.04. The van der Waals surface area contributed by atoms with Crippen LogP contribution >= 0.6 is 11.6 Å². The highest BCUT2D eigenvalue weighted by atomic mass is 35.5. The minimum atomic E-state index is -3.59. The number of rotatable bonds is 11. The summed E-state index contributed by atoms with van der Waals surface area (Å²) in [5.41, 5.74) is 1.98. The molecule has 1 atom stereocenters. The number of sulfonamides is 1. The number of amides is 2. The maximum absolute atomic E-state index is 13.2. The minimum Gasteiger partial charge on any atom is -0.497 e.